The molecule has 3 heteroatoms. The molecule has 0 bridgehead atoms. The number of ether oxygens (including phenoxy) is 1. The zero-order valence-corrected chi connectivity index (χ0v) is 14.0. The maximum Gasteiger partial charge on any atom is 0.0692 e. The second kappa shape index (κ2) is 7.24. The summed E-state index contributed by atoms with van der Waals surface area (Å²) in [5.41, 5.74) is 0.164. The average molecular weight is 282 g/mol. The van der Waals surface area contributed by atoms with Gasteiger partial charge in [0.15, 0.2) is 0 Å². The van der Waals surface area contributed by atoms with Gasteiger partial charge in [-0.3, -0.25) is 4.90 Å². The summed E-state index contributed by atoms with van der Waals surface area (Å²) >= 11 is 0. The molecule has 118 valence electrons. The number of nitrogens with zero attached hydrogens (tertiary/aromatic N) is 1. The van der Waals surface area contributed by atoms with Crippen molar-refractivity contribution in [1.29, 1.82) is 0 Å². The molecule has 0 aliphatic carbocycles. The van der Waals surface area contributed by atoms with Crippen molar-refractivity contribution >= 4 is 0 Å². The molecular formula is C17H34N2O. The van der Waals surface area contributed by atoms with Gasteiger partial charge >= 0.3 is 0 Å². The van der Waals surface area contributed by atoms with Crippen LogP contribution in [0, 0.1) is 5.92 Å². The smallest absolute Gasteiger partial charge is 0.0692 e. The fourth-order valence-electron chi connectivity index (χ4n) is 3.82. The normalized spacial score (nSPS) is 31.1. The van der Waals surface area contributed by atoms with Gasteiger partial charge in [0.1, 0.15) is 0 Å². The molecule has 0 spiro atoms. The van der Waals surface area contributed by atoms with Crippen molar-refractivity contribution in [2.24, 2.45) is 5.92 Å². The highest BCUT2D eigenvalue weighted by atomic mass is 16.5. The Bertz CT molecular complexity index is 289. The van der Waals surface area contributed by atoms with Crippen molar-refractivity contribution in [2.75, 3.05) is 26.2 Å². The maximum atomic E-state index is 6.12. The zero-order chi connectivity index (χ0) is 14.6. The number of likely N-dealkylation sites (tertiary alicyclic amines) is 1. The Labute approximate surface area is 125 Å². The summed E-state index contributed by atoms with van der Waals surface area (Å²) < 4.78 is 6.12. The molecule has 0 aromatic heterocycles. The van der Waals surface area contributed by atoms with Crippen LogP contribution in [0.25, 0.3) is 0 Å². The minimum absolute atomic E-state index is 0.164. The van der Waals surface area contributed by atoms with E-state index >= 15 is 0 Å². The van der Waals surface area contributed by atoms with Crippen molar-refractivity contribution in [3.05, 3.63) is 0 Å². The topological polar surface area (TPSA) is 24.5 Å². The third-order valence-corrected chi connectivity index (χ3v) is 5.40. The van der Waals surface area contributed by atoms with E-state index in [1.54, 1.807) is 0 Å². The van der Waals surface area contributed by atoms with Gasteiger partial charge in [-0.15, -0.1) is 0 Å². The molecule has 2 heterocycles. The predicted molar refractivity (Wildman–Crippen MR) is 85.1 cm³/mol. The van der Waals surface area contributed by atoms with Crippen LogP contribution in [0.4, 0.5) is 0 Å². The monoisotopic (exact) mass is 282 g/mol. The summed E-state index contributed by atoms with van der Waals surface area (Å²) in [5.74, 6) is 0.845. The van der Waals surface area contributed by atoms with Gasteiger partial charge in [-0.25, -0.2) is 0 Å². The zero-order valence-electron chi connectivity index (χ0n) is 14.0. The van der Waals surface area contributed by atoms with Crippen molar-refractivity contribution in [1.82, 2.24) is 10.2 Å². The van der Waals surface area contributed by atoms with Crippen LogP contribution in [0.2, 0.25) is 0 Å². The van der Waals surface area contributed by atoms with E-state index < -0.39 is 0 Å². The molecule has 2 rings (SSSR count). The van der Waals surface area contributed by atoms with Crippen molar-refractivity contribution < 1.29 is 4.74 Å². The van der Waals surface area contributed by atoms with Crippen LogP contribution < -0.4 is 5.32 Å². The van der Waals surface area contributed by atoms with Gasteiger partial charge in [0.05, 0.1) is 5.60 Å². The molecule has 2 fully saturated rings. The Kier molecular flexibility index (Phi) is 5.88. The first-order chi connectivity index (χ1) is 9.58. The largest absolute Gasteiger partial charge is 0.375 e. The Morgan fingerprint density at radius 3 is 2.65 bits per heavy atom. The molecule has 0 radical (unpaired) electrons. The molecule has 0 aromatic rings. The van der Waals surface area contributed by atoms with E-state index in [9.17, 15) is 0 Å². The van der Waals surface area contributed by atoms with Gasteiger partial charge in [0.2, 0.25) is 0 Å². The number of rotatable bonds is 6. The van der Waals surface area contributed by atoms with Crippen LogP contribution in [0.3, 0.4) is 0 Å². The molecule has 0 aromatic carbocycles. The molecule has 1 N–H and O–H groups in total. The third-order valence-electron chi connectivity index (χ3n) is 5.40. The number of hydrogen-bond acceptors (Lipinski definition) is 3. The van der Waals surface area contributed by atoms with Gasteiger partial charge in [0.25, 0.3) is 0 Å². The van der Waals surface area contributed by atoms with E-state index in [1.807, 2.05) is 0 Å². The van der Waals surface area contributed by atoms with Gasteiger partial charge in [-0.2, -0.15) is 0 Å². The standard InChI is InChI=1S/C17H34N2O/c1-5-17(6-2)11-16(8-10-20-17)19-9-7-15(13-19)12-18-14(3)4/h14-16,18H,5-13H2,1-4H3. The molecule has 2 aliphatic rings. The van der Waals surface area contributed by atoms with E-state index in [2.05, 4.69) is 37.9 Å². The molecule has 0 saturated carbocycles. The summed E-state index contributed by atoms with van der Waals surface area (Å²) in [7, 11) is 0. The SMILES string of the molecule is CCC1(CC)CC(N2CCC(CNC(C)C)C2)CCO1. The Balaban J connectivity index is 1.83. The predicted octanol–water partition coefficient (Wildman–Crippen LogP) is 3.04. The molecule has 2 saturated heterocycles. The highest BCUT2D eigenvalue weighted by Gasteiger charge is 2.38. The molecule has 0 amide bonds. The van der Waals surface area contributed by atoms with Crippen molar-refractivity contribution in [2.45, 2.75) is 77.5 Å². The molecule has 20 heavy (non-hydrogen) atoms. The first kappa shape index (κ1) is 16.3. The summed E-state index contributed by atoms with van der Waals surface area (Å²) in [5, 5.41) is 3.60. The van der Waals surface area contributed by atoms with Crippen LogP contribution in [0.5, 0.6) is 0 Å². The molecule has 2 aliphatic heterocycles. The average Bonchev–Trinajstić information content (AvgIpc) is 2.94. The number of nitrogens with one attached hydrogen (secondary N) is 1. The summed E-state index contributed by atoms with van der Waals surface area (Å²) in [6.07, 6.45) is 6.15. The lowest BCUT2D eigenvalue weighted by atomic mass is 9.85. The summed E-state index contributed by atoms with van der Waals surface area (Å²) in [6, 6.07) is 1.37. The van der Waals surface area contributed by atoms with Crippen LogP contribution in [-0.2, 0) is 4.74 Å². The highest BCUT2D eigenvalue weighted by molar-refractivity contribution is 4.92. The Hall–Kier alpha value is -0.120. The Morgan fingerprint density at radius 2 is 2.00 bits per heavy atom. The fourth-order valence-corrected chi connectivity index (χ4v) is 3.82. The minimum Gasteiger partial charge on any atom is -0.375 e. The van der Waals surface area contributed by atoms with Crippen LogP contribution in [0.15, 0.2) is 0 Å². The Morgan fingerprint density at radius 1 is 1.25 bits per heavy atom. The van der Waals surface area contributed by atoms with E-state index in [4.69, 9.17) is 4.74 Å². The van der Waals surface area contributed by atoms with E-state index in [-0.39, 0.29) is 5.60 Å². The minimum atomic E-state index is 0.164. The number of hydrogen-bond donors (Lipinski definition) is 1. The van der Waals surface area contributed by atoms with E-state index in [0.717, 1.165) is 31.4 Å². The fraction of sp³-hybridized carbons (Fsp3) is 1.00. The van der Waals surface area contributed by atoms with Crippen LogP contribution >= 0.6 is 0 Å². The molecule has 2 atom stereocenters. The molecular weight excluding hydrogens is 248 g/mol. The second-order valence-electron chi connectivity index (χ2n) is 7.10. The van der Waals surface area contributed by atoms with E-state index in [0.29, 0.717) is 6.04 Å². The van der Waals surface area contributed by atoms with Gasteiger partial charge in [-0.1, -0.05) is 27.7 Å². The lowest BCUT2D eigenvalue weighted by Crippen LogP contribution is -2.47. The quantitative estimate of drug-likeness (QED) is 0.810. The third kappa shape index (κ3) is 3.96. The van der Waals surface area contributed by atoms with Gasteiger partial charge in [-0.05, 0) is 51.1 Å². The van der Waals surface area contributed by atoms with Crippen LogP contribution in [0.1, 0.15) is 59.8 Å². The molecule has 3 nitrogen and oxygen atoms in total. The first-order valence-electron chi connectivity index (χ1n) is 8.70. The van der Waals surface area contributed by atoms with Gasteiger partial charge < -0.3 is 10.1 Å². The van der Waals surface area contributed by atoms with Gasteiger partial charge in [0, 0.05) is 25.2 Å². The maximum absolute atomic E-state index is 6.12. The van der Waals surface area contributed by atoms with E-state index in [1.165, 1.54) is 38.9 Å². The highest BCUT2D eigenvalue weighted by Crippen LogP contribution is 2.35. The molecule has 2 unspecified atom stereocenters. The lowest BCUT2D eigenvalue weighted by Gasteiger charge is -2.43. The second-order valence-corrected chi connectivity index (χ2v) is 7.10. The first-order valence-corrected chi connectivity index (χ1v) is 8.70. The van der Waals surface area contributed by atoms with Crippen LogP contribution in [-0.4, -0.2) is 48.8 Å². The summed E-state index contributed by atoms with van der Waals surface area (Å²) in [4.78, 5) is 2.75. The summed E-state index contributed by atoms with van der Waals surface area (Å²) in [6.45, 7) is 13.8. The lowest BCUT2D eigenvalue weighted by molar-refractivity contribution is -0.108. The van der Waals surface area contributed by atoms with Crippen molar-refractivity contribution in [3.8, 4) is 0 Å². The van der Waals surface area contributed by atoms with Crippen molar-refractivity contribution in [3.63, 3.8) is 0 Å².